The number of hydrazine groups is 1. The quantitative estimate of drug-likeness (QED) is 0.167. The molecule has 3 unspecified atom stereocenters. The van der Waals surface area contributed by atoms with Crippen molar-refractivity contribution in [2.24, 2.45) is 40.1 Å². The predicted octanol–water partition coefficient (Wildman–Crippen LogP) is 3.60. The summed E-state index contributed by atoms with van der Waals surface area (Å²) in [6.07, 6.45) is 12.2. The average Bonchev–Trinajstić information content (AvgIpc) is 3.70. The Labute approximate surface area is 225 Å². The van der Waals surface area contributed by atoms with Gasteiger partial charge in [0, 0.05) is 62.4 Å². The standard InChI is InChI=1S/C29H42N6O3/c1-34(32)18-26(31)23-15-24(23)28(25(16-30)29(37)38)33-22-11-5-9-20(14-22)21-10-6-12-35(17-21)27(36)13-19-7-3-2-4-8-19/h5,9,11,14,16,18-19,21,23-24H,2-4,6-8,10,12-13,15,17,30-32H2,1H3,(H,37,38)/b25-16?,26-18-,33-28?. The van der Waals surface area contributed by atoms with Crippen LogP contribution in [0.5, 0.6) is 0 Å². The molecule has 1 aliphatic heterocycles. The minimum absolute atomic E-state index is 0.0195. The normalized spacial score (nSPS) is 25.3. The van der Waals surface area contributed by atoms with Gasteiger partial charge >= 0.3 is 5.97 Å². The van der Waals surface area contributed by atoms with Crippen molar-refractivity contribution in [3.63, 3.8) is 0 Å². The van der Waals surface area contributed by atoms with E-state index in [1.807, 2.05) is 23.1 Å². The summed E-state index contributed by atoms with van der Waals surface area (Å²) in [5, 5.41) is 11.2. The summed E-state index contributed by atoms with van der Waals surface area (Å²) < 4.78 is 0. The number of carbonyl (C=O) groups excluding carboxylic acids is 1. The molecule has 2 aliphatic carbocycles. The van der Waals surface area contributed by atoms with Gasteiger partial charge in [0.05, 0.1) is 17.0 Å². The van der Waals surface area contributed by atoms with Crippen molar-refractivity contribution >= 4 is 23.3 Å². The third-order valence-corrected chi connectivity index (χ3v) is 8.15. The Bertz CT molecular complexity index is 1110. The smallest absolute Gasteiger partial charge is 0.339 e. The van der Waals surface area contributed by atoms with Crippen LogP contribution >= 0.6 is 0 Å². The Balaban J connectivity index is 1.51. The maximum atomic E-state index is 13.1. The summed E-state index contributed by atoms with van der Waals surface area (Å²) in [4.78, 5) is 31.9. The first-order chi connectivity index (χ1) is 18.3. The fourth-order valence-corrected chi connectivity index (χ4v) is 6.04. The number of nitrogens with two attached hydrogens (primary N) is 3. The summed E-state index contributed by atoms with van der Waals surface area (Å²) in [5.41, 5.74) is 14.7. The van der Waals surface area contributed by atoms with Gasteiger partial charge in [0.2, 0.25) is 5.91 Å². The van der Waals surface area contributed by atoms with E-state index in [1.54, 1.807) is 13.2 Å². The molecule has 38 heavy (non-hydrogen) atoms. The molecule has 0 spiro atoms. The van der Waals surface area contributed by atoms with Gasteiger partial charge in [-0.2, -0.15) is 0 Å². The van der Waals surface area contributed by atoms with Gasteiger partial charge in [-0.25, -0.2) is 10.6 Å². The molecule has 9 heteroatoms. The number of hydrogen-bond donors (Lipinski definition) is 4. The number of nitrogens with zero attached hydrogens (tertiary/aromatic N) is 3. The highest BCUT2D eigenvalue weighted by molar-refractivity contribution is 6.21. The van der Waals surface area contributed by atoms with Gasteiger partial charge < -0.3 is 26.5 Å². The summed E-state index contributed by atoms with van der Waals surface area (Å²) in [5.74, 6) is 5.43. The lowest BCUT2D eigenvalue weighted by Crippen LogP contribution is -2.40. The monoisotopic (exact) mass is 522 g/mol. The molecule has 0 aromatic heterocycles. The lowest BCUT2D eigenvalue weighted by molar-refractivity contribution is -0.134. The highest BCUT2D eigenvalue weighted by atomic mass is 16.4. The second kappa shape index (κ2) is 12.5. The number of aliphatic carboxylic acids is 1. The summed E-state index contributed by atoms with van der Waals surface area (Å²) in [6, 6.07) is 7.91. The second-order valence-corrected chi connectivity index (χ2v) is 11.1. The molecule has 7 N–H and O–H groups in total. The van der Waals surface area contributed by atoms with E-state index in [2.05, 4.69) is 6.07 Å². The Hall–Kier alpha value is -3.33. The first kappa shape index (κ1) is 27.7. The minimum atomic E-state index is -1.12. The van der Waals surface area contributed by atoms with Gasteiger partial charge in [-0.05, 0) is 55.7 Å². The zero-order valence-corrected chi connectivity index (χ0v) is 22.4. The van der Waals surface area contributed by atoms with E-state index in [9.17, 15) is 14.7 Å². The number of hydrogen-bond acceptors (Lipinski definition) is 7. The van der Waals surface area contributed by atoms with Crippen LogP contribution < -0.4 is 17.3 Å². The van der Waals surface area contributed by atoms with Crippen molar-refractivity contribution < 1.29 is 14.7 Å². The van der Waals surface area contributed by atoms with E-state index in [0.717, 1.165) is 31.1 Å². The molecule has 1 heterocycles. The molecule has 2 saturated carbocycles. The van der Waals surface area contributed by atoms with Gasteiger partial charge in [0.15, 0.2) is 0 Å². The molecule has 3 aliphatic rings. The first-order valence-corrected chi connectivity index (χ1v) is 13.8. The van der Waals surface area contributed by atoms with Crippen molar-refractivity contribution in [1.29, 1.82) is 0 Å². The van der Waals surface area contributed by atoms with Crippen molar-refractivity contribution in [1.82, 2.24) is 9.91 Å². The molecular formula is C29H42N6O3. The number of rotatable bonds is 9. The maximum absolute atomic E-state index is 13.1. The lowest BCUT2D eigenvalue weighted by atomic mass is 9.86. The summed E-state index contributed by atoms with van der Waals surface area (Å²) in [7, 11) is 1.68. The topological polar surface area (TPSA) is 151 Å². The number of benzene rings is 1. The maximum Gasteiger partial charge on any atom is 0.339 e. The number of amides is 1. The van der Waals surface area contributed by atoms with Gasteiger partial charge in [-0.3, -0.25) is 9.79 Å². The van der Waals surface area contributed by atoms with E-state index in [-0.39, 0.29) is 29.2 Å². The van der Waals surface area contributed by atoms with Crippen molar-refractivity contribution in [3.8, 4) is 0 Å². The van der Waals surface area contributed by atoms with Gasteiger partial charge in [-0.1, -0.05) is 31.4 Å². The molecule has 3 atom stereocenters. The molecular weight excluding hydrogens is 480 g/mol. The average molecular weight is 523 g/mol. The van der Waals surface area contributed by atoms with Crippen LogP contribution in [0.1, 0.15) is 69.3 Å². The molecule has 1 aromatic carbocycles. The fraction of sp³-hybridized carbons (Fsp3) is 0.552. The first-order valence-electron chi connectivity index (χ1n) is 13.8. The van der Waals surface area contributed by atoms with Crippen LogP contribution in [0.4, 0.5) is 5.69 Å². The van der Waals surface area contributed by atoms with Gasteiger partial charge in [0.25, 0.3) is 0 Å². The van der Waals surface area contributed by atoms with Crippen LogP contribution in [-0.4, -0.2) is 52.7 Å². The second-order valence-electron chi connectivity index (χ2n) is 11.1. The third-order valence-electron chi connectivity index (χ3n) is 8.15. The molecule has 0 bridgehead atoms. The van der Waals surface area contributed by atoms with E-state index in [0.29, 0.717) is 42.4 Å². The largest absolute Gasteiger partial charge is 0.478 e. The summed E-state index contributed by atoms with van der Waals surface area (Å²) >= 11 is 0. The van der Waals surface area contributed by atoms with Gasteiger partial charge in [-0.15, -0.1) is 0 Å². The Morgan fingerprint density at radius 2 is 1.92 bits per heavy atom. The van der Waals surface area contributed by atoms with Crippen LogP contribution in [0.3, 0.4) is 0 Å². The van der Waals surface area contributed by atoms with Crippen LogP contribution in [0.2, 0.25) is 0 Å². The Morgan fingerprint density at radius 1 is 1.16 bits per heavy atom. The van der Waals surface area contributed by atoms with E-state index in [1.165, 1.54) is 37.1 Å². The minimum Gasteiger partial charge on any atom is -0.478 e. The zero-order chi connectivity index (χ0) is 27.2. The Kier molecular flexibility index (Phi) is 9.09. The molecule has 206 valence electrons. The molecule has 1 saturated heterocycles. The number of aliphatic imine (C=N–C) groups is 1. The number of carboxylic acids is 1. The number of allylic oxidation sites excluding steroid dienone is 1. The van der Waals surface area contributed by atoms with E-state index < -0.39 is 5.97 Å². The lowest BCUT2D eigenvalue weighted by Gasteiger charge is -2.34. The number of carboxylic acid groups (broad SMARTS) is 1. The van der Waals surface area contributed by atoms with Gasteiger partial charge in [0.1, 0.15) is 0 Å². The van der Waals surface area contributed by atoms with Crippen molar-refractivity contribution in [3.05, 3.63) is 53.5 Å². The fourth-order valence-electron chi connectivity index (χ4n) is 6.04. The molecule has 1 amide bonds. The number of carbonyl (C=O) groups is 2. The van der Waals surface area contributed by atoms with Crippen molar-refractivity contribution in [2.45, 2.75) is 63.7 Å². The van der Waals surface area contributed by atoms with Crippen molar-refractivity contribution in [2.75, 3.05) is 20.1 Å². The Morgan fingerprint density at radius 3 is 2.61 bits per heavy atom. The molecule has 1 aromatic rings. The van der Waals surface area contributed by atoms with Crippen LogP contribution in [0, 0.1) is 17.8 Å². The van der Waals surface area contributed by atoms with Crippen LogP contribution in [0.25, 0.3) is 0 Å². The molecule has 9 nitrogen and oxygen atoms in total. The molecule has 4 rings (SSSR count). The molecule has 3 fully saturated rings. The highest BCUT2D eigenvalue weighted by Crippen LogP contribution is 2.45. The van der Waals surface area contributed by atoms with Crippen LogP contribution in [0.15, 0.2) is 52.9 Å². The van der Waals surface area contributed by atoms with E-state index in [4.69, 9.17) is 22.3 Å². The molecule has 0 radical (unpaired) electrons. The zero-order valence-electron chi connectivity index (χ0n) is 22.4. The number of likely N-dealkylation sites (tertiary alicyclic amines) is 1. The highest BCUT2D eigenvalue weighted by Gasteiger charge is 2.45. The SMILES string of the molecule is CN(N)/C=C(\N)C1CC1C(=Nc1cccc(C2CCCN(C(=O)CC3CCCCC3)C2)c1)C(=CN)C(=O)O. The van der Waals surface area contributed by atoms with E-state index >= 15 is 0 Å². The van der Waals surface area contributed by atoms with Crippen LogP contribution in [-0.2, 0) is 9.59 Å². The predicted molar refractivity (Wildman–Crippen MR) is 149 cm³/mol. The third kappa shape index (κ3) is 6.95. The summed E-state index contributed by atoms with van der Waals surface area (Å²) in [6.45, 7) is 1.54. The number of piperidine rings is 1.